The SMILES string of the molecule is CC1(C)COC(C(=O)C2CCCC2)=N1. The van der Waals surface area contributed by atoms with Crippen LogP contribution in [0.3, 0.4) is 0 Å². The average Bonchev–Trinajstić information content (AvgIpc) is 2.72. The van der Waals surface area contributed by atoms with Crippen molar-refractivity contribution in [1.82, 2.24) is 0 Å². The van der Waals surface area contributed by atoms with E-state index in [1.807, 2.05) is 13.8 Å². The Balaban J connectivity index is 2.05. The van der Waals surface area contributed by atoms with Crippen LogP contribution in [-0.2, 0) is 9.53 Å². The lowest BCUT2D eigenvalue weighted by Crippen LogP contribution is -2.21. The zero-order chi connectivity index (χ0) is 10.2. The number of carbonyl (C=O) groups is 1. The van der Waals surface area contributed by atoms with E-state index < -0.39 is 0 Å². The summed E-state index contributed by atoms with van der Waals surface area (Å²) in [7, 11) is 0. The van der Waals surface area contributed by atoms with Gasteiger partial charge in [-0.3, -0.25) is 4.79 Å². The monoisotopic (exact) mass is 195 g/mol. The van der Waals surface area contributed by atoms with Crippen LogP contribution in [0.1, 0.15) is 39.5 Å². The van der Waals surface area contributed by atoms with Gasteiger partial charge in [-0.15, -0.1) is 0 Å². The molecule has 1 heterocycles. The van der Waals surface area contributed by atoms with E-state index >= 15 is 0 Å². The number of Topliss-reactive ketones (excluding diaryl/α,β-unsaturated/α-hetero) is 1. The van der Waals surface area contributed by atoms with Crippen molar-refractivity contribution in [1.29, 1.82) is 0 Å². The minimum atomic E-state index is -0.205. The van der Waals surface area contributed by atoms with Crippen LogP contribution in [0.15, 0.2) is 4.99 Å². The summed E-state index contributed by atoms with van der Waals surface area (Å²) < 4.78 is 5.34. The molecule has 0 unspecified atom stereocenters. The molecule has 0 saturated heterocycles. The van der Waals surface area contributed by atoms with Gasteiger partial charge in [0.15, 0.2) is 0 Å². The molecule has 14 heavy (non-hydrogen) atoms. The molecule has 0 amide bonds. The van der Waals surface area contributed by atoms with Gasteiger partial charge in [0, 0.05) is 5.92 Å². The Bertz CT molecular complexity index is 275. The Labute approximate surface area is 84.5 Å². The van der Waals surface area contributed by atoms with Gasteiger partial charge >= 0.3 is 0 Å². The summed E-state index contributed by atoms with van der Waals surface area (Å²) in [6, 6.07) is 0. The van der Waals surface area contributed by atoms with E-state index in [9.17, 15) is 4.79 Å². The van der Waals surface area contributed by atoms with Gasteiger partial charge in [-0.2, -0.15) is 0 Å². The highest BCUT2D eigenvalue weighted by Crippen LogP contribution is 2.28. The summed E-state index contributed by atoms with van der Waals surface area (Å²) in [6.07, 6.45) is 4.38. The van der Waals surface area contributed by atoms with Crippen LogP contribution in [0.25, 0.3) is 0 Å². The van der Waals surface area contributed by atoms with Gasteiger partial charge in [-0.05, 0) is 26.7 Å². The molecule has 0 bridgehead atoms. The number of ether oxygens (including phenoxy) is 1. The number of rotatable bonds is 2. The summed E-state index contributed by atoms with van der Waals surface area (Å²) in [5, 5.41) is 0. The third-order valence-electron chi connectivity index (χ3n) is 2.90. The van der Waals surface area contributed by atoms with Crippen molar-refractivity contribution in [3.63, 3.8) is 0 Å². The van der Waals surface area contributed by atoms with Crippen molar-refractivity contribution in [2.75, 3.05) is 6.61 Å². The highest BCUT2D eigenvalue weighted by atomic mass is 16.5. The molecule has 3 heteroatoms. The minimum absolute atomic E-state index is 0.132. The number of hydrogen-bond acceptors (Lipinski definition) is 3. The van der Waals surface area contributed by atoms with Crippen LogP contribution in [0, 0.1) is 5.92 Å². The quantitative estimate of drug-likeness (QED) is 0.675. The van der Waals surface area contributed by atoms with Crippen molar-refractivity contribution in [3.05, 3.63) is 0 Å². The third-order valence-corrected chi connectivity index (χ3v) is 2.90. The normalized spacial score (nSPS) is 26.0. The topological polar surface area (TPSA) is 38.7 Å². The fourth-order valence-electron chi connectivity index (χ4n) is 2.07. The van der Waals surface area contributed by atoms with Crippen LogP contribution < -0.4 is 0 Å². The maximum atomic E-state index is 11.9. The Morgan fingerprint density at radius 3 is 2.57 bits per heavy atom. The Morgan fingerprint density at radius 2 is 2.07 bits per heavy atom. The first kappa shape index (κ1) is 9.69. The number of aliphatic imine (C=N–C) groups is 1. The molecule has 0 aromatic heterocycles. The highest BCUT2D eigenvalue weighted by molar-refractivity contribution is 6.37. The summed E-state index contributed by atoms with van der Waals surface area (Å²) in [6.45, 7) is 4.52. The molecule has 1 aliphatic carbocycles. The first-order valence-electron chi connectivity index (χ1n) is 5.35. The van der Waals surface area contributed by atoms with Crippen LogP contribution in [0.4, 0.5) is 0 Å². The van der Waals surface area contributed by atoms with E-state index in [1.54, 1.807) is 0 Å². The van der Waals surface area contributed by atoms with Gasteiger partial charge in [0.1, 0.15) is 6.61 Å². The summed E-state index contributed by atoms with van der Waals surface area (Å²) in [5.74, 6) is 0.692. The van der Waals surface area contributed by atoms with Gasteiger partial charge in [0.2, 0.25) is 5.78 Å². The summed E-state index contributed by atoms with van der Waals surface area (Å²) in [4.78, 5) is 16.2. The van der Waals surface area contributed by atoms with Crippen LogP contribution >= 0.6 is 0 Å². The molecule has 1 aliphatic heterocycles. The van der Waals surface area contributed by atoms with Gasteiger partial charge < -0.3 is 4.74 Å². The average molecular weight is 195 g/mol. The van der Waals surface area contributed by atoms with E-state index in [0.717, 1.165) is 12.8 Å². The lowest BCUT2D eigenvalue weighted by atomic mass is 10.0. The Hall–Kier alpha value is -0.860. The first-order chi connectivity index (χ1) is 6.58. The zero-order valence-electron chi connectivity index (χ0n) is 8.88. The molecule has 0 N–H and O–H groups in total. The third kappa shape index (κ3) is 1.81. The molecule has 2 aliphatic rings. The molecule has 1 fully saturated rings. The smallest absolute Gasteiger partial charge is 0.254 e. The lowest BCUT2D eigenvalue weighted by Gasteiger charge is -2.07. The second-order valence-electron chi connectivity index (χ2n) is 4.86. The summed E-state index contributed by atoms with van der Waals surface area (Å²) >= 11 is 0. The van der Waals surface area contributed by atoms with Gasteiger partial charge in [0.05, 0.1) is 5.54 Å². The van der Waals surface area contributed by atoms with Gasteiger partial charge in [-0.25, -0.2) is 4.99 Å². The van der Waals surface area contributed by atoms with E-state index in [-0.39, 0.29) is 17.2 Å². The molecule has 3 nitrogen and oxygen atoms in total. The standard InChI is InChI=1S/C11H17NO2/c1-11(2)7-14-10(12-11)9(13)8-5-3-4-6-8/h8H,3-7H2,1-2H3. The van der Waals surface area contributed by atoms with Crippen molar-refractivity contribution < 1.29 is 9.53 Å². The molecular formula is C11H17NO2. The molecular weight excluding hydrogens is 178 g/mol. The molecule has 0 spiro atoms. The van der Waals surface area contributed by atoms with Crippen molar-refractivity contribution in [2.45, 2.75) is 45.1 Å². The van der Waals surface area contributed by atoms with E-state index in [0.29, 0.717) is 12.5 Å². The zero-order valence-corrected chi connectivity index (χ0v) is 8.88. The van der Waals surface area contributed by atoms with E-state index in [4.69, 9.17) is 4.74 Å². The second kappa shape index (κ2) is 3.37. The van der Waals surface area contributed by atoms with Gasteiger partial charge in [-0.1, -0.05) is 12.8 Å². The van der Waals surface area contributed by atoms with Crippen LogP contribution in [-0.4, -0.2) is 23.8 Å². The number of hydrogen-bond donors (Lipinski definition) is 0. The predicted molar refractivity (Wildman–Crippen MR) is 54.4 cm³/mol. The van der Waals surface area contributed by atoms with Crippen molar-refractivity contribution in [3.8, 4) is 0 Å². The summed E-state index contributed by atoms with van der Waals surface area (Å²) in [5.41, 5.74) is -0.205. The molecule has 78 valence electrons. The Kier molecular flexibility index (Phi) is 2.33. The van der Waals surface area contributed by atoms with E-state index in [1.165, 1.54) is 12.8 Å². The van der Waals surface area contributed by atoms with Crippen LogP contribution in [0.2, 0.25) is 0 Å². The lowest BCUT2D eigenvalue weighted by molar-refractivity contribution is -0.117. The fraction of sp³-hybridized carbons (Fsp3) is 0.818. The fourth-order valence-corrected chi connectivity index (χ4v) is 2.07. The predicted octanol–water partition coefficient (Wildman–Crippen LogP) is 1.95. The maximum Gasteiger partial charge on any atom is 0.254 e. The molecule has 0 radical (unpaired) electrons. The maximum absolute atomic E-state index is 11.9. The number of ketones is 1. The largest absolute Gasteiger partial charge is 0.473 e. The molecule has 0 aromatic carbocycles. The highest BCUT2D eigenvalue weighted by Gasteiger charge is 2.34. The second-order valence-corrected chi connectivity index (χ2v) is 4.86. The Morgan fingerprint density at radius 1 is 1.43 bits per heavy atom. The number of nitrogens with zero attached hydrogens (tertiary/aromatic N) is 1. The molecule has 0 atom stereocenters. The number of carbonyl (C=O) groups excluding carboxylic acids is 1. The van der Waals surface area contributed by atoms with Crippen molar-refractivity contribution >= 4 is 11.7 Å². The molecule has 1 saturated carbocycles. The molecule has 2 rings (SSSR count). The molecule has 0 aromatic rings. The van der Waals surface area contributed by atoms with Crippen LogP contribution in [0.5, 0.6) is 0 Å². The van der Waals surface area contributed by atoms with Crippen molar-refractivity contribution in [2.24, 2.45) is 10.9 Å². The minimum Gasteiger partial charge on any atom is -0.473 e. The first-order valence-corrected chi connectivity index (χ1v) is 5.35. The van der Waals surface area contributed by atoms with Gasteiger partial charge in [0.25, 0.3) is 5.90 Å². The van der Waals surface area contributed by atoms with E-state index in [2.05, 4.69) is 4.99 Å².